The number of alkyl halides is 3. The van der Waals surface area contributed by atoms with E-state index in [2.05, 4.69) is 5.32 Å². The number of sulfonamides is 1. The van der Waals surface area contributed by atoms with Gasteiger partial charge >= 0.3 is 6.18 Å². The van der Waals surface area contributed by atoms with Gasteiger partial charge in [-0.25, -0.2) is 12.8 Å². The fourth-order valence-electron chi connectivity index (χ4n) is 3.58. The van der Waals surface area contributed by atoms with Gasteiger partial charge in [-0.15, -0.1) is 0 Å². The zero-order valence-electron chi connectivity index (χ0n) is 20.3. The number of hydrogen-bond acceptors (Lipinski definition) is 4. The molecule has 0 fully saturated rings. The van der Waals surface area contributed by atoms with Crippen molar-refractivity contribution in [1.29, 1.82) is 0 Å². The Morgan fingerprint density at radius 2 is 1.59 bits per heavy atom. The van der Waals surface area contributed by atoms with Gasteiger partial charge in [-0.05, 0) is 85.1 Å². The van der Waals surface area contributed by atoms with Crippen LogP contribution >= 0.6 is 0 Å². The van der Waals surface area contributed by atoms with Crippen LogP contribution in [0.2, 0.25) is 0 Å². The lowest BCUT2D eigenvalue weighted by Crippen LogP contribution is -2.44. The third kappa shape index (κ3) is 7.07. The molecule has 0 saturated heterocycles. The number of hydrogen-bond donors (Lipinski definition) is 1. The third-order valence-electron chi connectivity index (χ3n) is 5.53. The molecule has 0 aliphatic carbocycles. The minimum Gasteiger partial charge on any atom is -0.497 e. The SMILES string of the molecule is COc1cc(CNC(=O)CN(C(C)C)S(=O)(=O)c2ccc(F)cc2)cc(-c2ccc(C(F)(F)F)cc2)c1. The number of amides is 1. The zero-order valence-corrected chi connectivity index (χ0v) is 21.2. The summed E-state index contributed by atoms with van der Waals surface area (Å²) in [6.45, 7) is 2.79. The largest absolute Gasteiger partial charge is 0.497 e. The predicted octanol–water partition coefficient (Wildman–Crippen LogP) is 5.24. The van der Waals surface area contributed by atoms with E-state index in [0.717, 1.165) is 40.7 Å². The van der Waals surface area contributed by atoms with Crippen molar-refractivity contribution in [2.45, 2.75) is 37.5 Å². The quantitative estimate of drug-likeness (QED) is 0.379. The van der Waals surface area contributed by atoms with E-state index in [-0.39, 0.29) is 11.4 Å². The minimum atomic E-state index is -4.45. The molecule has 0 unspecified atom stereocenters. The first-order valence-corrected chi connectivity index (χ1v) is 12.6. The Morgan fingerprint density at radius 1 is 0.973 bits per heavy atom. The molecule has 0 heterocycles. The highest BCUT2D eigenvalue weighted by molar-refractivity contribution is 7.89. The molecule has 0 bridgehead atoms. The summed E-state index contributed by atoms with van der Waals surface area (Å²) in [6.07, 6.45) is -4.45. The van der Waals surface area contributed by atoms with Crippen LogP contribution in [-0.2, 0) is 27.5 Å². The smallest absolute Gasteiger partial charge is 0.416 e. The Labute approximate surface area is 212 Å². The van der Waals surface area contributed by atoms with Gasteiger partial charge in [-0.3, -0.25) is 4.79 Å². The number of carbonyl (C=O) groups excluding carboxylic acids is 1. The van der Waals surface area contributed by atoms with Crippen molar-refractivity contribution in [3.8, 4) is 16.9 Å². The Hall–Kier alpha value is -3.44. The van der Waals surface area contributed by atoms with E-state index in [1.165, 1.54) is 19.2 Å². The van der Waals surface area contributed by atoms with E-state index in [4.69, 9.17) is 4.74 Å². The van der Waals surface area contributed by atoms with Crippen molar-refractivity contribution in [3.05, 3.63) is 83.7 Å². The molecule has 1 N–H and O–H groups in total. The Kier molecular flexibility index (Phi) is 8.60. The average molecular weight is 539 g/mol. The van der Waals surface area contributed by atoms with Crippen LogP contribution in [0, 0.1) is 5.82 Å². The lowest BCUT2D eigenvalue weighted by atomic mass is 10.0. The van der Waals surface area contributed by atoms with Crippen molar-refractivity contribution < 1.29 is 35.5 Å². The van der Waals surface area contributed by atoms with Crippen molar-refractivity contribution in [2.75, 3.05) is 13.7 Å². The van der Waals surface area contributed by atoms with E-state index in [1.807, 2.05) is 0 Å². The van der Waals surface area contributed by atoms with Crippen LogP contribution in [0.15, 0.2) is 71.6 Å². The number of methoxy groups -OCH3 is 1. The molecule has 0 aliphatic heterocycles. The predicted molar refractivity (Wildman–Crippen MR) is 131 cm³/mol. The van der Waals surface area contributed by atoms with Crippen LogP contribution in [-0.4, -0.2) is 38.3 Å². The molecule has 6 nitrogen and oxygen atoms in total. The summed E-state index contributed by atoms with van der Waals surface area (Å²) in [7, 11) is -2.62. The molecule has 11 heteroatoms. The van der Waals surface area contributed by atoms with Gasteiger partial charge in [-0.2, -0.15) is 17.5 Å². The number of rotatable bonds is 9. The van der Waals surface area contributed by atoms with E-state index in [1.54, 1.807) is 32.0 Å². The van der Waals surface area contributed by atoms with Gasteiger partial charge in [0.25, 0.3) is 0 Å². The van der Waals surface area contributed by atoms with E-state index < -0.39 is 46.1 Å². The number of nitrogens with one attached hydrogen (secondary N) is 1. The zero-order chi connectivity index (χ0) is 27.4. The van der Waals surface area contributed by atoms with Crippen molar-refractivity contribution in [1.82, 2.24) is 9.62 Å². The van der Waals surface area contributed by atoms with Crippen LogP contribution < -0.4 is 10.1 Å². The second-order valence-electron chi connectivity index (χ2n) is 8.52. The summed E-state index contributed by atoms with van der Waals surface area (Å²) >= 11 is 0. The lowest BCUT2D eigenvalue weighted by Gasteiger charge is -2.25. The highest BCUT2D eigenvalue weighted by Crippen LogP contribution is 2.32. The monoisotopic (exact) mass is 538 g/mol. The first-order valence-electron chi connectivity index (χ1n) is 11.2. The number of nitrogens with zero attached hydrogens (tertiary/aromatic N) is 1. The molecule has 0 spiro atoms. The molecule has 3 aromatic rings. The number of halogens is 4. The molecule has 0 atom stereocenters. The molecule has 37 heavy (non-hydrogen) atoms. The molecule has 0 aromatic heterocycles. The average Bonchev–Trinajstić information content (AvgIpc) is 2.85. The van der Waals surface area contributed by atoms with Crippen molar-refractivity contribution in [2.24, 2.45) is 0 Å². The fourth-order valence-corrected chi connectivity index (χ4v) is 5.18. The van der Waals surface area contributed by atoms with E-state index in [9.17, 15) is 30.8 Å². The molecule has 198 valence electrons. The second kappa shape index (κ2) is 11.3. The lowest BCUT2D eigenvalue weighted by molar-refractivity contribution is -0.137. The van der Waals surface area contributed by atoms with Gasteiger partial charge in [0.1, 0.15) is 11.6 Å². The normalized spacial score (nSPS) is 12.1. The highest BCUT2D eigenvalue weighted by Gasteiger charge is 2.30. The van der Waals surface area contributed by atoms with Gasteiger partial charge in [0.15, 0.2) is 0 Å². The number of carbonyl (C=O) groups is 1. The molecule has 3 rings (SSSR count). The van der Waals surface area contributed by atoms with Gasteiger partial charge in [-0.1, -0.05) is 12.1 Å². The first kappa shape index (κ1) is 28.1. The van der Waals surface area contributed by atoms with Crippen LogP contribution in [0.1, 0.15) is 25.0 Å². The van der Waals surface area contributed by atoms with Gasteiger partial charge in [0.2, 0.25) is 15.9 Å². The Morgan fingerprint density at radius 3 is 2.14 bits per heavy atom. The topological polar surface area (TPSA) is 75.7 Å². The number of benzene rings is 3. The highest BCUT2D eigenvalue weighted by atomic mass is 32.2. The fraction of sp³-hybridized carbons (Fsp3) is 0.269. The van der Waals surface area contributed by atoms with Gasteiger partial charge < -0.3 is 10.1 Å². The van der Waals surface area contributed by atoms with Crippen molar-refractivity contribution >= 4 is 15.9 Å². The Balaban J connectivity index is 1.75. The molecule has 0 radical (unpaired) electrons. The second-order valence-corrected chi connectivity index (χ2v) is 10.4. The van der Waals surface area contributed by atoms with Gasteiger partial charge in [0.05, 0.1) is 24.1 Å². The third-order valence-corrected chi connectivity index (χ3v) is 7.57. The maximum Gasteiger partial charge on any atom is 0.416 e. The number of ether oxygens (including phenoxy) is 1. The summed E-state index contributed by atoms with van der Waals surface area (Å²) in [4.78, 5) is 12.6. The van der Waals surface area contributed by atoms with E-state index in [0.29, 0.717) is 22.4 Å². The van der Waals surface area contributed by atoms with Crippen LogP contribution in [0.4, 0.5) is 17.6 Å². The Bertz CT molecular complexity index is 1340. The minimum absolute atomic E-state index is 0.0200. The summed E-state index contributed by atoms with van der Waals surface area (Å²) in [6, 6.07) is 13.5. The van der Waals surface area contributed by atoms with Crippen molar-refractivity contribution in [3.63, 3.8) is 0 Å². The molecule has 0 aliphatic rings. The maximum absolute atomic E-state index is 13.2. The van der Waals surface area contributed by atoms with Crippen LogP contribution in [0.5, 0.6) is 5.75 Å². The van der Waals surface area contributed by atoms with Crippen LogP contribution in [0.3, 0.4) is 0 Å². The van der Waals surface area contributed by atoms with Gasteiger partial charge in [0, 0.05) is 12.6 Å². The molecular formula is C26H26F4N2O4S. The standard InChI is InChI=1S/C26H26F4N2O4S/c1-17(2)32(37(34,35)24-10-8-22(27)9-11-24)16-25(33)31-15-18-12-20(14-23(13-18)36-3)19-4-6-21(7-5-19)26(28,29)30/h4-14,17H,15-16H2,1-3H3,(H,31,33). The first-order chi connectivity index (χ1) is 17.3. The van der Waals surface area contributed by atoms with E-state index >= 15 is 0 Å². The summed E-state index contributed by atoms with van der Waals surface area (Å²) in [5.74, 6) is -0.718. The maximum atomic E-state index is 13.2. The van der Waals surface area contributed by atoms with Crippen LogP contribution in [0.25, 0.3) is 11.1 Å². The molecular weight excluding hydrogens is 512 g/mol. The molecule has 3 aromatic carbocycles. The molecule has 0 saturated carbocycles. The summed E-state index contributed by atoms with van der Waals surface area (Å²) < 4.78 is 84.2. The summed E-state index contributed by atoms with van der Waals surface area (Å²) in [5.41, 5.74) is 0.938. The summed E-state index contributed by atoms with van der Waals surface area (Å²) in [5, 5.41) is 2.67. The molecule has 1 amide bonds.